The molecule has 0 aromatic carbocycles. The smallest absolute Gasteiger partial charge is 0.0642 e. The van der Waals surface area contributed by atoms with Gasteiger partial charge in [0.1, 0.15) is 0 Å². The zero-order valence-corrected chi connectivity index (χ0v) is 5.43. The van der Waals surface area contributed by atoms with E-state index in [9.17, 15) is 0 Å². The molecule has 0 amide bonds. The molecule has 0 rings (SSSR count). The minimum Gasteiger partial charge on any atom is -0.392 e. The largest absolute Gasteiger partial charge is 0.392 e. The van der Waals surface area contributed by atoms with E-state index in [1.165, 1.54) is 0 Å². The van der Waals surface area contributed by atoms with Gasteiger partial charge in [-0.1, -0.05) is 13.2 Å². The van der Waals surface area contributed by atoms with E-state index in [1.807, 2.05) is 0 Å². The molecule has 0 atom stereocenters. The fourth-order valence-electron chi connectivity index (χ4n) is 0.465. The normalized spacial score (nSPS) is 9.11. The number of aliphatic hydroxyl groups excluding tert-OH is 2. The first kappa shape index (κ1) is 8.40. The first-order valence-electron chi connectivity index (χ1n) is 2.75. The molecule has 0 saturated carbocycles. The quantitative estimate of drug-likeness (QED) is 0.540. The predicted molar refractivity (Wildman–Crippen MR) is 37.1 cm³/mol. The lowest BCUT2D eigenvalue weighted by molar-refractivity contribution is 0.316. The molecular formula is C7H12O2. The van der Waals surface area contributed by atoms with Crippen molar-refractivity contribution < 1.29 is 10.2 Å². The topological polar surface area (TPSA) is 40.5 Å². The molecule has 2 heteroatoms. The van der Waals surface area contributed by atoms with Gasteiger partial charge in [0.2, 0.25) is 0 Å². The van der Waals surface area contributed by atoms with Gasteiger partial charge in [-0.3, -0.25) is 0 Å². The maximum Gasteiger partial charge on any atom is 0.0642 e. The molecule has 0 aromatic heterocycles. The summed E-state index contributed by atoms with van der Waals surface area (Å²) < 4.78 is 0. The Morgan fingerprint density at radius 2 is 1.33 bits per heavy atom. The summed E-state index contributed by atoms with van der Waals surface area (Å²) in [6, 6.07) is 0. The van der Waals surface area contributed by atoms with Crippen molar-refractivity contribution in [3.8, 4) is 0 Å². The molecule has 0 saturated heterocycles. The summed E-state index contributed by atoms with van der Waals surface area (Å²) in [4.78, 5) is 0. The summed E-state index contributed by atoms with van der Waals surface area (Å²) in [7, 11) is 0. The van der Waals surface area contributed by atoms with Crippen molar-refractivity contribution in [2.45, 2.75) is 6.42 Å². The van der Waals surface area contributed by atoms with Gasteiger partial charge < -0.3 is 10.2 Å². The van der Waals surface area contributed by atoms with Crippen molar-refractivity contribution in [3.05, 3.63) is 24.3 Å². The zero-order valence-electron chi connectivity index (χ0n) is 5.43. The summed E-state index contributed by atoms with van der Waals surface area (Å²) in [5.74, 6) is 0. The minimum absolute atomic E-state index is 0.0288. The molecular weight excluding hydrogens is 116 g/mol. The SMILES string of the molecule is C=C(CO)CC(=C)CO. The molecule has 0 aliphatic carbocycles. The molecule has 0 aliphatic rings. The van der Waals surface area contributed by atoms with Crippen LogP contribution in [0.3, 0.4) is 0 Å². The van der Waals surface area contributed by atoms with Gasteiger partial charge in [0, 0.05) is 0 Å². The molecule has 0 spiro atoms. The lowest BCUT2D eigenvalue weighted by Gasteiger charge is -2.00. The predicted octanol–water partition coefficient (Wildman–Crippen LogP) is 0.473. The Hall–Kier alpha value is -0.600. The third kappa shape index (κ3) is 3.94. The van der Waals surface area contributed by atoms with Crippen LogP contribution < -0.4 is 0 Å². The highest BCUT2D eigenvalue weighted by molar-refractivity contribution is 5.09. The number of hydrogen-bond donors (Lipinski definition) is 2. The van der Waals surface area contributed by atoms with E-state index in [1.54, 1.807) is 0 Å². The third-order valence-corrected chi connectivity index (χ3v) is 0.947. The van der Waals surface area contributed by atoms with Crippen LogP contribution in [0.25, 0.3) is 0 Å². The van der Waals surface area contributed by atoms with Gasteiger partial charge in [-0.05, 0) is 17.6 Å². The van der Waals surface area contributed by atoms with E-state index in [-0.39, 0.29) is 13.2 Å². The van der Waals surface area contributed by atoms with E-state index >= 15 is 0 Å². The summed E-state index contributed by atoms with van der Waals surface area (Å²) in [6.45, 7) is 7.02. The first-order valence-corrected chi connectivity index (χ1v) is 2.75. The number of aliphatic hydroxyl groups is 2. The maximum absolute atomic E-state index is 8.46. The molecule has 0 unspecified atom stereocenters. The second kappa shape index (κ2) is 4.30. The van der Waals surface area contributed by atoms with Crippen molar-refractivity contribution in [2.75, 3.05) is 13.2 Å². The monoisotopic (exact) mass is 128 g/mol. The van der Waals surface area contributed by atoms with E-state index in [2.05, 4.69) is 13.2 Å². The van der Waals surface area contributed by atoms with Gasteiger partial charge in [0.05, 0.1) is 13.2 Å². The van der Waals surface area contributed by atoms with Crippen LogP contribution in [0, 0.1) is 0 Å². The Morgan fingerprint density at radius 1 is 1.00 bits per heavy atom. The van der Waals surface area contributed by atoms with Crippen LogP contribution in [0.1, 0.15) is 6.42 Å². The molecule has 0 heterocycles. The second-order valence-corrected chi connectivity index (χ2v) is 1.99. The molecule has 0 aliphatic heterocycles. The molecule has 52 valence electrons. The summed E-state index contributed by atoms with van der Waals surface area (Å²) >= 11 is 0. The lowest BCUT2D eigenvalue weighted by Crippen LogP contribution is -1.93. The fourth-order valence-corrected chi connectivity index (χ4v) is 0.465. The van der Waals surface area contributed by atoms with Crippen molar-refractivity contribution in [1.29, 1.82) is 0 Å². The van der Waals surface area contributed by atoms with Crippen molar-refractivity contribution >= 4 is 0 Å². The molecule has 2 N–H and O–H groups in total. The van der Waals surface area contributed by atoms with Crippen molar-refractivity contribution in [3.63, 3.8) is 0 Å². The lowest BCUT2D eigenvalue weighted by atomic mass is 10.1. The van der Waals surface area contributed by atoms with Crippen LogP contribution in [0.4, 0.5) is 0 Å². The summed E-state index contributed by atoms with van der Waals surface area (Å²) in [6.07, 6.45) is 0.521. The Kier molecular flexibility index (Phi) is 4.01. The zero-order chi connectivity index (χ0) is 7.28. The number of hydrogen-bond acceptors (Lipinski definition) is 2. The molecule has 0 bridgehead atoms. The molecule has 0 fully saturated rings. The van der Waals surface area contributed by atoms with Crippen LogP contribution in [0.5, 0.6) is 0 Å². The average Bonchev–Trinajstić information content (AvgIpc) is 1.87. The van der Waals surface area contributed by atoms with Gasteiger partial charge in [0.15, 0.2) is 0 Å². The second-order valence-electron chi connectivity index (χ2n) is 1.99. The first-order chi connectivity index (χ1) is 4.20. The van der Waals surface area contributed by atoms with Gasteiger partial charge in [-0.25, -0.2) is 0 Å². The van der Waals surface area contributed by atoms with Crippen LogP contribution in [-0.2, 0) is 0 Å². The highest BCUT2D eigenvalue weighted by Crippen LogP contribution is 2.04. The fraction of sp³-hybridized carbons (Fsp3) is 0.429. The summed E-state index contributed by atoms with van der Waals surface area (Å²) in [5, 5.41) is 16.9. The van der Waals surface area contributed by atoms with E-state index in [4.69, 9.17) is 10.2 Å². The maximum atomic E-state index is 8.46. The highest BCUT2D eigenvalue weighted by atomic mass is 16.3. The minimum atomic E-state index is -0.0288. The van der Waals surface area contributed by atoms with Crippen molar-refractivity contribution in [2.24, 2.45) is 0 Å². The van der Waals surface area contributed by atoms with Crippen LogP contribution in [0.15, 0.2) is 24.3 Å². The molecule has 0 radical (unpaired) electrons. The summed E-state index contributed by atoms with van der Waals surface area (Å²) in [5.41, 5.74) is 1.38. The Labute approximate surface area is 55.1 Å². The average molecular weight is 128 g/mol. The molecule has 2 nitrogen and oxygen atoms in total. The standard InChI is InChI=1S/C7H12O2/c1-6(4-8)3-7(2)5-9/h8-9H,1-5H2. The van der Waals surface area contributed by atoms with Crippen molar-refractivity contribution in [1.82, 2.24) is 0 Å². The molecule has 0 aromatic rings. The van der Waals surface area contributed by atoms with Gasteiger partial charge in [-0.2, -0.15) is 0 Å². The van der Waals surface area contributed by atoms with Gasteiger partial charge in [0.25, 0.3) is 0 Å². The Bertz CT molecular complexity index is 102. The Morgan fingerprint density at radius 3 is 1.56 bits per heavy atom. The van der Waals surface area contributed by atoms with E-state index in [0.29, 0.717) is 17.6 Å². The highest BCUT2D eigenvalue weighted by Gasteiger charge is 1.93. The van der Waals surface area contributed by atoms with Crippen LogP contribution >= 0.6 is 0 Å². The third-order valence-electron chi connectivity index (χ3n) is 0.947. The van der Waals surface area contributed by atoms with Gasteiger partial charge in [-0.15, -0.1) is 0 Å². The van der Waals surface area contributed by atoms with Crippen LogP contribution in [-0.4, -0.2) is 23.4 Å². The molecule has 9 heavy (non-hydrogen) atoms. The van der Waals surface area contributed by atoms with Gasteiger partial charge >= 0.3 is 0 Å². The van der Waals surface area contributed by atoms with Crippen LogP contribution in [0.2, 0.25) is 0 Å². The number of rotatable bonds is 4. The Balaban J connectivity index is 3.47. The van der Waals surface area contributed by atoms with E-state index in [0.717, 1.165) is 0 Å². The van der Waals surface area contributed by atoms with E-state index < -0.39 is 0 Å².